The molecule has 0 aliphatic heterocycles. The predicted molar refractivity (Wildman–Crippen MR) is 70.6 cm³/mol. The first-order chi connectivity index (χ1) is 8.31. The Hall–Kier alpha value is -1.32. The average molecular weight is 250 g/mol. The summed E-state index contributed by atoms with van der Waals surface area (Å²) >= 11 is 6.26. The second kappa shape index (κ2) is 5.84. The second-order valence-corrected chi connectivity index (χ2v) is 4.34. The molecular formula is C13H16ClN3. The van der Waals surface area contributed by atoms with Gasteiger partial charge in [0.2, 0.25) is 0 Å². The standard InChI is InChI=1S/C13H16ClN3/c1-2-5-15-9-11-3-4-13(12(14)8-11)17-7-6-16-10-17/h3-4,6-8,10,15H,2,5,9H2,1H3. The van der Waals surface area contributed by atoms with Gasteiger partial charge in [-0.25, -0.2) is 4.98 Å². The van der Waals surface area contributed by atoms with Gasteiger partial charge in [0.15, 0.2) is 0 Å². The molecule has 0 radical (unpaired) electrons. The zero-order chi connectivity index (χ0) is 12.1. The molecule has 1 heterocycles. The molecule has 0 aliphatic carbocycles. The van der Waals surface area contributed by atoms with Gasteiger partial charge in [0, 0.05) is 18.9 Å². The van der Waals surface area contributed by atoms with Crippen molar-refractivity contribution in [2.75, 3.05) is 6.54 Å². The van der Waals surface area contributed by atoms with Gasteiger partial charge in [-0.1, -0.05) is 24.6 Å². The van der Waals surface area contributed by atoms with Crippen LogP contribution in [-0.2, 0) is 6.54 Å². The van der Waals surface area contributed by atoms with E-state index in [1.807, 2.05) is 22.9 Å². The van der Waals surface area contributed by atoms with E-state index < -0.39 is 0 Å². The van der Waals surface area contributed by atoms with Crippen molar-refractivity contribution in [2.24, 2.45) is 0 Å². The largest absolute Gasteiger partial charge is 0.313 e. The Balaban J connectivity index is 2.12. The first-order valence-electron chi connectivity index (χ1n) is 5.78. The van der Waals surface area contributed by atoms with Crippen LogP contribution in [0.3, 0.4) is 0 Å². The topological polar surface area (TPSA) is 29.9 Å². The summed E-state index contributed by atoms with van der Waals surface area (Å²) in [6.45, 7) is 4.04. The van der Waals surface area contributed by atoms with Crippen molar-refractivity contribution in [3.8, 4) is 5.69 Å². The third kappa shape index (κ3) is 3.08. The van der Waals surface area contributed by atoms with E-state index >= 15 is 0 Å². The zero-order valence-corrected chi connectivity index (χ0v) is 10.6. The van der Waals surface area contributed by atoms with Gasteiger partial charge < -0.3 is 9.88 Å². The highest BCUT2D eigenvalue weighted by atomic mass is 35.5. The van der Waals surface area contributed by atoms with Crippen LogP contribution in [0.25, 0.3) is 5.69 Å². The molecule has 0 spiro atoms. The quantitative estimate of drug-likeness (QED) is 0.826. The molecule has 0 atom stereocenters. The first kappa shape index (κ1) is 12.1. The number of rotatable bonds is 5. The molecule has 0 fully saturated rings. The van der Waals surface area contributed by atoms with Gasteiger partial charge in [-0.2, -0.15) is 0 Å². The van der Waals surface area contributed by atoms with Crippen LogP contribution in [0.4, 0.5) is 0 Å². The molecule has 1 N–H and O–H groups in total. The maximum atomic E-state index is 6.26. The van der Waals surface area contributed by atoms with Crippen LogP contribution < -0.4 is 5.32 Å². The van der Waals surface area contributed by atoms with Crippen molar-refractivity contribution in [2.45, 2.75) is 19.9 Å². The molecule has 4 heteroatoms. The Morgan fingerprint density at radius 2 is 2.29 bits per heavy atom. The average Bonchev–Trinajstić information content (AvgIpc) is 2.83. The lowest BCUT2D eigenvalue weighted by atomic mass is 10.2. The van der Waals surface area contributed by atoms with E-state index in [0.717, 1.165) is 30.2 Å². The van der Waals surface area contributed by atoms with Crippen molar-refractivity contribution in [3.63, 3.8) is 0 Å². The summed E-state index contributed by atoms with van der Waals surface area (Å²) in [5.41, 5.74) is 2.16. The van der Waals surface area contributed by atoms with E-state index in [2.05, 4.69) is 23.3 Å². The molecular weight excluding hydrogens is 234 g/mol. The minimum Gasteiger partial charge on any atom is -0.313 e. The van der Waals surface area contributed by atoms with E-state index in [1.54, 1.807) is 12.5 Å². The highest BCUT2D eigenvalue weighted by Crippen LogP contribution is 2.21. The Bertz CT molecular complexity index is 466. The van der Waals surface area contributed by atoms with E-state index in [-0.39, 0.29) is 0 Å². The van der Waals surface area contributed by atoms with Gasteiger partial charge in [0.05, 0.1) is 17.0 Å². The third-order valence-electron chi connectivity index (χ3n) is 2.55. The molecule has 1 aromatic heterocycles. The number of hydrogen-bond donors (Lipinski definition) is 1. The molecule has 0 aliphatic rings. The molecule has 0 bridgehead atoms. The summed E-state index contributed by atoms with van der Waals surface area (Å²) in [7, 11) is 0. The van der Waals surface area contributed by atoms with Crippen molar-refractivity contribution < 1.29 is 0 Å². The van der Waals surface area contributed by atoms with Crippen LogP contribution in [0.2, 0.25) is 5.02 Å². The molecule has 0 saturated heterocycles. The molecule has 3 nitrogen and oxygen atoms in total. The molecule has 2 aromatic rings. The van der Waals surface area contributed by atoms with E-state index in [1.165, 1.54) is 5.56 Å². The van der Waals surface area contributed by atoms with E-state index in [4.69, 9.17) is 11.6 Å². The lowest BCUT2D eigenvalue weighted by Gasteiger charge is -2.08. The second-order valence-electron chi connectivity index (χ2n) is 3.93. The zero-order valence-electron chi connectivity index (χ0n) is 9.86. The summed E-state index contributed by atoms with van der Waals surface area (Å²) in [4.78, 5) is 4.01. The third-order valence-corrected chi connectivity index (χ3v) is 2.85. The van der Waals surface area contributed by atoms with Gasteiger partial charge >= 0.3 is 0 Å². The number of nitrogens with zero attached hydrogens (tertiary/aromatic N) is 2. The fourth-order valence-corrected chi connectivity index (χ4v) is 1.98. The number of halogens is 1. The number of aromatic nitrogens is 2. The number of hydrogen-bond acceptors (Lipinski definition) is 2. The molecule has 90 valence electrons. The Kier molecular flexibility index (Phi) is 4.18. The Labute approximate surface area is 106 Å². The van der Waals surface area contributed by atoms with Gasteiger partial charge in [-0.3, -0.25) is 0 Å². The molecule has 0 unspecified atom stereocenters. The summed E-state index contributed by atoms with van der Waals surface area (Å²) in [6, 6.07) is 6.11. The van der Waals surface area contributed by atoms with E-state index in [9.17, 15) is 0 Å². The normalized spacial score (nSPS) is 10.7. The molecule has 0 saturated carbocycles. The van der Waals surface area contributed by atoms with Gasteiger partial charge in [0.25, 0.3) is 0 Å². The number of imidazole rings is 1. The minimum absolute atomic E-state index is 0.749. The van der Waals surface area contributed by atoms with Crippen LogP contribution in [0.1, 0.15) is 18.9 Å². The predicted octanol–water partition coefficient (Wildman–Crippen LogP) is 3.03. The van der Waals surface area contributed by atoms with Crippen molar-refractivity contribution >= 4 is 11.6 Å². The molecule has 2 rings (SSSR count). The SMILES string of the molecule is CCCNCc1ccc(-n2ccnc2)c(Cl)c1. The summed E-state index contributed by atoms with van der Waals surface area (Å²) in [5.74, 6) is 0. The Morgan fingerprint density at radius 1 is 1.41 bits per heavy atom. The number of benzene rings is 1. The van der Waals surface area contributed by atoms with Crippen molar-refractivity contribution in [1.29, 1.82) is 0 Å². The molecule has 0 amide bonds. The highest BCUT2D eigenvalue weighted by molar-refractivity contribution is 6.32. The highest BCUT2D eigenvalue weighted by Gasteiger charge is 2.03. The van der Waals surface area contributed by atoms with Crippen molar-refractivity contribution in [3.05, 3.63) is 47.5 Å². The maximum Gasteiger partial charge on any atom is 0.0992 e. The summed E-state index contributed by atoms with van der Waals surface area (Å²) in [6.07, 6.45) is 6.51. The lowest BCUT2D eigenvalue weighted by Crippen LogP contribution is -2.13. The lowest BCUT2D eigenvalue weighted by molar-refractivity contribution is 0.675. The van der Waals surface area contributed by atoms with Crippen LogP contribution in [0.5, 0.6) is 0 Å². The first-order valence-corrected chi connectivity index (χ1v) is 6.16. The van der Waals surface area contributed by atoms with E-state index in [0.29, 0.717) is 0 Å². The fourth-order valence-electron chi connectivity index (χ4n) is 1.68. The van der Waals surface area contributed by atoms with Gasteiger partial charge in [-0.15, -0.1) is 0 Å². The van der Waals surface area contributed by atoms with Crippen LogP contribution >= 0.6 is 11.6 Å². The summed E-state index contributed by atoms with van der Waals surface area (Å²) < 4.78 is 1.91. The van der Waals surface area contributed by atoms with Crippen LogP contribution in [-0.4, -0.2) is 16.1 Å². The molecule has 1 aromatic carbocycles. The van der Waals surface area contributed by atoms with Gasteiger partial charge in [0.1, 0.15) is 0 Å². The van der Waals surface area contributed by atoms with Crippen molar-refractivity contribution in [1.82, 2.24) is 14.9 Å². The number of nitrogens with one attached hydrogen (secondary N) is 1. The fraction of sp³-hybridized carbons (Fsp3) is 0.308. The maximum absolute atomic E-state index is 6.26. The Morgan fingerprint density at radius 3 is 2.94 bits per heavy atom. The molecule has 17 heavy (non-hydrogen) atoms. The van der Waals surface area contributed by atoms with Gasteiger partial charge in [-0.05, 0) is 30.7 Å². The monoisotopic (exact) mass is 249 g/mol. The van der Waals surface area contributed by atoms with Crippen LogP contribution in [0.15, 0.2) is 36.9 Å². The smallest absolute Gasteiger partial charge is 0.0992 e. The van der Waals surface area contributed by atoms with Crippen LogP contribution in [0, 0.1) is 0 Å². The summed E-state index contributed by atoms with van der Waals surface area (Å²) in [5, 5.41) is 4.10. The minimum atomic E-state index is 0.749.